The molecule has 6 nitrogen and oxygen atoms in total. The van der Waals surface area contributed by atoms with Crippen molar-refractivity contribution in [3.8, 4) is 17.6 Å². The molecule has 0 fully saturated rings. The number of nitrogens with zero attached hydrogens (tertiary/aromatic N) is 1. The molecule has 170 valence electrons. The highest BCUT2D eigenvalue weighted by atomic mass is 35.5. The number of imide groups is 1. The molecule has 0 saturated heterocycles. The molecule has 3 rings (SSSR count). The molecule has 1 aliphatic rings. The number of amides is 3. The van der Waals surface area contributed by atoms with Crippen molar-refractivity contribution in [2.75, 3.05) is 20.7 Å². The van der Waals surface area contributed by atoms with Gasteiger partial charge in [-0.05, 0) is 29.8 Å². The lowest BCUT2D eigenvalue weighted by Gasteiger charge is -2.22. The minimum atomic E-state index is -1.02. The number of rotatable bonds is 4. The fraction of sp³-hybridized carbons (Fsp3) is 0.208. The smallest absolute Gasteiger partial charge is 0.321 e. The zero-order valence-electron chi connectivity index (χ0n) is 17.9. The van der Waals surface area contributed by atoms with E-state index in [9.17, 15) is 18.4 Å². The van der Waals surface area contributed by atoms with Crippen LogP contribution in [0.3, 0.4) is 0 Å². The third kappa shape index (κ3) is 5.35. The van der Waals surface area contributed by atoms with Crippen LogP contribution in [0.15, 0.2) is 42.6 Å². The lowest BCUT2D eigenvalue weighted by atomic mass is 10.1. The summed E-state index contributed by atoms with van der Waals surface area (Å²) in [6.45, 7) is 4.27. The van der Waals surface area contributed by atoms with E-state index in [1.54, 1.807) is 7.11 Å². The first-order valence-electron chi connectivity index (χ1n) is 9.78. The van der Waals surface area contributed by atoms with Gasteiger partial charge >= 0.3 is 6.03 Å². The van der Waals surface area contributed by atoms with Gasteiger partial charge in [-0.25, -0.2) is 13.6 Å². The Morgan fingerprint density at radius 2 is 1.97 bits per heavy atom. The van der Waals surface area contributed by atoms with Crippen LogP contribution >= 0.6 is 11.6 Å². The van der Waals surface area contributed by atoms with Crippen LogP contribution in [-0.4, -0.2) is 37.5 Å². The van der Waals surface area contributed by atoms with Crippen LogP contribution in [0.25, 0.3) is 5.70 Å². The third-order valence-corrected chi connectivity index (χ3v) is 5.34. The summed E-state index contributed by atoms with van der Waals surface area (Å²) in [5, 5.41) is 3.85. The molecule has 2 aromatic rings. The number of carbonyl (C=O) groups excluding carboxylic acids is 2. The molecule has 9 heteroatoms. The first-order chi connectivity index (χ1) is 15.8. The van der Waals surface area contributed by atoms with Crippen LogP contribution in [0.5, 0.6) is 5.75 Å². The molecule has 33 heavy (non-hydrogen) atoms. The molecule has 2 aromatic carbocycles. The van der Waals surface area contributed by atoms with Crippen LogP contribution in [0.4, 0.5) is 13.6 Å². The Kier molecular flexibility index (Phi) is 7.39. The largest absolute Gasteiger partial charge is 0.497 e. The quantitative estimate of drug-likeness (QED) is 0.405. The molecular formula is C24H20ClF2N3O3. The second-order valence-electron chi connectivity index (χ2n) is 7.07. The molecule has 1 heterocycles. The van der Waals surface area contributed by atoms with E-state index in [0.717, 1.165) is 23.3 Å². The van der Waals surface area contributed by atoms with E-state index in [0.29, 0.717) is 18.0 Å². The van der Waals surface area contributed by atoms with Crippen molar-refractivity contribution in [2.45, 2.75) is 6.54 Å². The summed E-state index contributed by atoms with van der Waals surface area (Å²) in [6, 6.07) is 6.80. The molecule has 3 amide bonds. The van der Waals surface area contributed by atoms with Gasteiger partial charge in [0.25, 0.3) is 0 Å². The Balaban J connectivity index is 1.92. The van der Waals surface area contributed by atoms with Gasteiger partial charge in [0, 0.05) is 31.3 Å². The second kappa shape index (κ2) is 10.2. The topological polar surface area (TPSA) is 70.7 Å². The SMILES string of the molecule is C=C=C1c2cc(OC)ccc2CN1C[C@H](C#Cc1cc(F)c(Cl)c(F)c1)C(=O)NC(=O)NC. The van der Waals surface area contributed by atoms with Crippen molar-refractivity contribution in [2.24, 2.45) is 5.92 Å². The number of hydrogen-bond donors (Lipinski definition) is 2. The highest BCUT2D eigenvalue weighted by Crippen LogP contribution is 2.35. The van der Waals surface area contributed by atoms with Gasteiger partial charge in [-0.15, -0.1) is 5.73 Å². The van der Waals surface area contributed by atoms with Gasteiger partial charge in [0.2, 0.25) is 5.91 Å². The molecule has 0 bridgehead atoms. The van der Waals surface area contributed by atoms with Crippen LogP contribution in [0.2, 0.25) is 5.02 Å². The predicted octanol–water partition coefficient (Wildman–Crippen LogP) is 3.69. The summed E-state index contributed by atoms with van der Waals surface area (Å²) >= 11 is 5.51. The molecule has 1 aliphatic heterocycles. The number of fused-ring (bicyclic) bond motifs is 1. The molecule has 0 spiro atoms. The van der Waals surface area contributed by atoms with Crippen LogP contribution in [-0.2, 0) is 11.3 Å². The van der Waals surface area contributed by atoms with E-state index < -0.39 is 34.5 Å². The van der Waals surface area contributed by atoms with Gasteiger partial charge in [-0.3, -0.25) is 10.1 Å². The molecule has 0 radical (unpaired) electrons. The Hall–Kier alpha value is -3.79. The number of benzene rings is 2. The number of hydrogen-bond acceptors (Lipinski definition) is 4. The van der Waals surface area contributed by atoms with E-state index in [4.69, 9.17) is 16.3 Å². The Bertz CT molecular complexity index is 1210. The number of carbonyl (C=O) groups is 2. The Morgan fingerprint density at radius 3 is 2.58 bits per heavy atom. The first kappa shape index (κ1) is 23.9. The maximum atomic E-state index is 13.8. The summed E-state index contributed by atoms with van der Waals surface area (Å²) in [7, 11) is 2.93. The van der Waals surface area contributed by atoms with Gasteiger partial charge in [0.05, 0.1) is 12.8 Å². The molecule has 0 saturated carbocycles. The van der Waals surface area contributed by atoms with E-state index in [2.05, 4.69) is 34.8 Å². The maximum Gasteiger partial charge on any atom is 0.321 e. The third-order valence-electron chi connectivity index (χ3n) is 4.97. The Labute approximate surface area is 194 Å². The van der Waals surface area contributed by atoms with E-state index in [1.807, 2.05) is 23.1 Å². The normalized spacial score (nSPS) is 12.8. The molecule has 0 unspecified atom stereocenters. The predicted molar refractivity (Wildman–Crippen MR) is 120 cm³/mol. The van der Waals surface area contributed by atoms with Crippen molar-refractivity contribution in [3.05, 3.63) is 76.0 Å². The number of urea groups is 1. The number of ether oxygens (including phenoxy) is 1. The lowest BCUT2D eigenvalue weighted by Crippen LogP contribution is -2.43. The fourth-order valence-corrected chi connectivity index (χ4v) is 3.44. The monoisotopic (exact) mass is 471 g/mol. The summed E-state index contributed by atoms with van der Waals surface area (Å²) in [5.74, 6) is 2.34. The average molecular weight is 472 g/mol. The van der Waals surface area contributed by atoms with Crippen molar-refractivity contribution >= 4 is 29.2 Å². The maximum absolute atomic E-state index is 13.8. The molecular weight excluding hydrogens is 452 g/mol. The summed E-state index contributed by atoms with van der Waals surface area (Å²) < 4.78 is 32.8. The molecule has 1 atom stereocenters. The van der Waals surface area contributed by atoms with Crippen molar-refractivity contribution < 1.29 is 23.1 Å². The highest BCUT2D eigenvalue weighted by molar-refractivity contribution is 6.30. The van der Waals surface area contributed by atoms with Crippen LogP contribution < -0.4 is 15.4 Å². The zero-order chi connectivity index (χ0) is 24.1. The van der Waals surface area contributed by atoms with Gasteiger partial charge < -0.3 is 15.0 Å². The summed E-state index contributed by atoms with van der Waals surface area (Å²) in [6.07, 6.45) is 0. The van der Waals surface area contributed by atoms with E-state index in [-0.39, 0.29) is 12.1 Å². The molecule has 0 aromatic heterocycles. The first-order valence-corrected chi connectivity index (χ1v) is 10.2. The van der Waals surface area contributed by atoms with Gasteiger partial charge in [0.15, 0.2) is 0 Å². The highest BCUT2D eigenvalue weighted by Gasteiger charge is 2.29. The van der Waals surface area contributed by atoms with E-state index in [1.165, 1.54) is 7.05 Å². The summed E-state index contributed by atoms with van der Waals surface area (Å²) in [4.78, 5) is 26.3. The number of nitrogens with one attached hydrogen (secondary N) is 2. The minimum absolute atomic E-state index is 0.000994. The fourth-order valence-electron chi connectivity index (χ4n) is 3.33. The number of halogens is 3. The van der Waals surface area contributed by atoms with Gasteiger partial charge in [-0.2, -0.15) is 0 Å². The van der Waals surface area contributed by atoms with Crippen LogP contribution in [0.1, 0.15) is 16.7 Å². The van der Waals surface area contributed by atoms with Gasteiger partial charge in [-0.1, -0.05) is 36.1 Å². The van der Waals surface area contributed by atoms with Crippen molar-refractivity contribution in [1.82, 2.24) is 15.5 Å². The number of methoxy groups -OCH3 is 1. The second-order valence-corrected chi connectivity index (χ2v) is 7.45. The van der Waals surface area contributed by atoms with Crippen LogP contribution in [0, 0.1) is 29.4 Å². The molecule has 0 aliphatic carbocycles. The average Bonchev–Trinajstić information content (AvgIpc) is 3.15. The van der Waals surface area contributed by atoms with Gasteiger partial charge in [0.1, 0.15) is 28.3 Å². The summed E-state index contributed by atoms with van der Waals surface area (Å²) in [5.41, 5.74) is 5.35. The minimum Gasteiger partial charge on any atom is -0.497 e. The van der Waals surface area contributed by atoms with E-state index >= 15 is 0 Å². The molecule has 2 N–H and O–H groups in total. The Morgan fingerprint density at radius 1 is 1.27 bits per heavy atom. The standard InChI is InChI=1S/C24H20ClF2N3O3/c1-4-21-18-11-17(33-3)8-7-15(18)12-30(21)13-16(23(31)29-24(32)28-2)6-5-14-9-19(26)22(25)20(27)10-14/h7-11,16H,1,12-13H2,2-3H3,(H2,28,29,31,32)/t16-/m0/s1. The van der Waals surface area contributed by atoms with Crippen molar-refractivity contribution in [3.63, 3.8) is 0 Å². The zero-order valence-corrected chi connectivity index (χ0v) is 18.6. The lowest BCUT2D eigenvalue weighted by molar-refractivity contribution is -0.122. The van der Waals surface area contributed by atoms with Crippen molar-refractivity contribution in [1.29, 1.82) is 0 Å².